The maximum Gasteiger partial charge on any atom is 0.160 e. The van der Waals surface area contributed by atoms with E-state index in [1.807, 2.05) is 32.0 Å². The summed E-state index contributed by atoms with van der Waals surface area (Å²) >= 11 is 3.38. The van der Waals surface area contributed by atoms with Crippen LogP contribution in [0.2, 0.25) is 0 Å². The summed E-state index contributed by atoms with van der Waals surface area (Å²) in [5.41, 5.74) is 3.05. The van der Waals surface area contributed by atoms with Crippen LogP contribution in [0.1, 0.15) is 24.1 Å². The average Bonchev–Trinajstić information content (AvgIpc) is 2.43. The molecular formula is C15H17BrN2O2. The van der Waals surface area contributed by atoms with Gasteiger partial charge in [0.2, 0.25) is 0 Å². The number of ether oxygens (including phenoxy) is 1. The molecule has 2 N–H and O–H groups in total. The van der Waals surface area contributed by atoms with Crippen molar-refractivity contribution >= 4 is 21.6 Å². The highest BCUT2D eigenvalue weighted by molar-refractivity contribution is 9.10. The van der Waals surface area contributed by atoms with Gasteiger partial charge in [-0.05, 0) is 59.1 Å². The van der Waals surface area contributed by atoms with Crippen LogP contribution in [0.5, 0.6) is 11.5 Å². The SMILES string of the molecule is COc1cc(C(C)Nc2cnc(Br)c(C)c2)ccc1O. The van der Waals surface area contributed by atoms with Crippen LogP contribution < -0.4 is 10.1 Å². The third-order valence-corrected chi connectivity index (χ3v) is 3.93. The number of nitrogens with zero attached hydrogens (tertiary/aromatic N) is 1. The number of hydrogen-bond donors (Lipinski definition) is 2. The van der Waals surface area contributed by atoms with E-state index in [-0.39, 0.29) is 11.8 Å². The Labute approximate surface area is 126 Å². The van der Waals surface area contributed by atoms with E-state index in [1.54, 1.807) is 19.4 Å². The summed E-state index contributed by atoms with van der Waals surface area (Å²) in [5.74, 6) is 0.617. The number of methoxy groups -OCH3 is 1. The van der Waals surface area contributed by atoms with Crippen molar-refractivity contribution in [2.24, 2.45) is 0 Å². The first-order chi connectivity index (χ1) is 9.51. The Balaban J connectivity index is 2.19. The number of pyridine rings is 1. The molecule has 2 rings (SSSR count). The molecule has 0 spiro atoms. The zero-order valence-corrected chi connectivity index (χ0v) is 13.2. The van der Waals surface area contributed by atoms with Crippen molar-refractivity contribution in [3.63, 3.8) is 0 Å². The lowest BCUT2D eigenvalue weighted by Gasteiger charge is -2.17. The molecule has 20 heavy (non-hydrogen) atoms. The lowest BCUT2D eigenvalue weighted by atomic mass is 10.1. The maximum atomic E-state index is 9.61. The van der Waals surface area contributed by atoms with Gasteiger partial charge >= 0.3 is 0 Å². The molecule has 4 nitrogen and oxygen atoms in total. The molecule has 5 heteroatoms. The summed E-state index contributed by atoms with van der Waals surface area (Å²) in [6, 6.07) is 7.44. The number of aromatic nitrogens is 1. The van der Waals surface area contributed by atoms with Gasteiger partial charge < -0.3 is 15.2 Å². The van der Waals surface area contributed by atoms with E-state index in [2.05, 4.69) is 26.2 Å². The van der Waals surface area contributed by atoms with Crippen molar-refractivity contribution in [1.82, 2.24) is 4.98 Å². The number of phenolic OH excluding ortho intramolecular Hbond substituents is 1. The summed E-state index contributed by atoms with van der Waals surface area (Å²) in [7, 11) is 1.54. The molecule has 1 unspecified atom stereocenters. The number of nitrogens with one attached hydrogen (secondary N) is 1. The largest absolute Gasteiger partial charge is 0.504 e. The van der Waals surface area contributed by atoms with Gasteiger partial charge in [-0.3, -0.25) is 0 Å². The summed E-state index contributed by atoms with van der Waals surface area (Å²) in [4.78, 5) is 4.26. The molecule has 0 aliphatic heterocycles. The molecule has 0 saturated carbocycles. The molecule has 1 atom stereocenters. The number of aryl methyl sites for hydroxylation is 1. The van der Waals surface area contributed by atoms with E-state index in [9.17, 15) is 5.11 Å². The smallest absolute Gasteiger partial charge is 0.160 e. The number of halogens is 1. The third kappa shape index (κ3) is 3.22. The highest BCUT2D eigenvalue weighted by atomic mass is 79.9. The molecule has 0 radical (unpaired) electrons. The summed E-state index contributed by atoms with van der Waals surface area (Å²) < 4.78 is 5.97. The van der Waals surface area contributed by atoms with Gasteiger partial charge in [-0.1, -0.05) is 6.07 Å². The van der Waals surface area contributed by atoms with Crippen molar-refractivity contribution in [1.29, 1.82) is 0 Å². The minimum Gasteiger partial charge on any atom is -0.504 e. The van der Waals surface area contributed by atoms with Gasteiger partial charge in [-0.25, -0.2) is 4.98 Å². The summed E-state index contributed by atoms with van der Waals surface area (Å²) in [6.45, 7) is 4.04. The summed E-state index contributed by atoms with van der Waals surface area (Å²) in [6.07, 6.45) is 1.78. The van der Waals surface area contributed by atoms with Crippen LogP contribution in [0.25, 0.3) is 0 Å². The highest BCUT2D eigenvalue weighted by Crippen LogP contribution is 2.30. The van der Waals surface area contributed by atoms with Crippen LogP contribution in [0.4, 0.5) is 5.69 Å². The molecular weight excluding hydrogens is 320 g/mol. The molecule has 0 aliphatic rings. The predicted molar refractivity (Wildman–Crippen MR) is 83.4 cm³/mol. The quantitative estimate of drug-likeness (QED) is 0.827. The van der Waals surface area contributed by atoms with Gasteiger partial charge in [-0.2, -0.15) is 0 Å². The lowest BCUT2D eigenvalue weighted by Crippen LogP contribution is -2.07. The van der Waals surface area contributed by atoms with Crippen LogP contribution in [0.15, 0.2) is 35.1 Å². The molecule has 0 bridgehead atoms. The Morgan fingerprint density at radius 3 is 2.75 bits per heavy atom. The minimum atomic E-state index is 0.0758. The highest BCUT2D eigenvalue weighted by Gasteiger charge is 2.10. The third-order valence-electron chi connectivity index (χ3n) is 3.10. The fourth-order valence-electron chi connectivity index (χ4n) is 1.93. The molecule has 0 amide bonds. The van der Waals surface area contributed by atoms with Gasteiger partial charge in [0.25, 0.3) is 0 Å². The van der Waals surface area contributed by atoms with Crippen molar-refractivity contribution in [2.45, 2.75) is 19.9 Å². The number of benzene rings is 1. The van der Waals surface area contributed by atoms with Crippen molar-refractivity contribution in [3.05, 3.63) is 46.2 Å². The normalized spacial score (nSPS) is 12.0. The van der Waals surface area contributed by atoms with Crippen LogP contribution in [0.3, 0.4) is 0 Å². The molecule has 0 aliphatic carbocycles. The number of anilines is 1. The molecule has 1 heterocycles. The Bertz CT molecular complexity index is 617. The topological polar surface area (TPSA) is 54.4 Å². The fraction of sp³-hybridized carbons (Fsp3) is 0.267. The van der Waals surface area contributed by atoms with E-state index in [4.69, 9.17) is 4.74 Å². The maximum absolute atomic E-state index is 9.61. The van der Waals surface area contributed by atoms with Crippen LogP contribution in [0, 0.1) is 6.92 Å². The Morgan fingerprint density at radius 2 is 2.10 bits per heavy atom. The first-order valence-corrected chi connectivity index (χ1v) is 7.06. The summed E-state index contributed by atoms with van der Waals surface area (Å²) in [5, 5.41) is 13.0. The van der Waals surface area contributed by atoms with E-state index < -0.39 is 0 Å². The Morgan fingerprint density at radius 1 is 1.35 bits per heavy atom. The lowest BCUT2D eigenvalue weighted by molar-refractivity contribution is 0.373. The van der Waals surface area contributed by atoms with Crippen LogP contribution >= 0.6 is 15.9 Å². The molecule has 106 valence electrons. The standard InChI is InChI=1S/C15H17BrN2O2/c1-9-6-12(8-17-15(9)16)18-10(2)11-4-5-13(19)14(7-11)20-3/h4-8,10,18-19H,1-3H3. The first-order valence-electron chi connectivity index (χ1n) is 6.27. The van der Waals surface area contributed by atoms with Crippen molar-refractivity contribution < 1.29 is 9.84 Å². The number of hydrogen-bond acceptors (Lipinski definition) is 4. The second kappa shape index (κ2) is 6.13. The second-order valence-corrected chi connectivity index (χ2v) is 5.38. The van der Waals surface area contributed by atoms with Crippen LogP contribution in [-0.4, -0.2) is 17.2 Å². The number of rotatable bonds is 4. The van der Waals surface area contributed by atoms with Gasteiger partial charge in [-0.15, -0.1) is 0 Å². The zero-order valence-electron chi connectivity index (χ0n) is 11.6. The van der Waals surface area contributed by atoms with Gasteiger partial charge in [0.1, 0.15) is 4.60 Å². The predicted octanol–water partition coefficient (Wildman–Crippen LogP) is 4.04. The van der Waals surface area contributed by atoms with E-state index in [1.165, 1.54) is 0 Å². The monoisotopic (exact) mass is 336 g/mol. The molecule has 1 aromatic carbocycles. The Hall–Kier alpha value is -1.75. The second-order valence-electron chi connectivity index (χ2n) is 4.63. The van der Waals surface area contributed by atoms with Crippen molar-refractivity contribution in [3.8, 4) is 11.5 Å². The molecule has 0 saturated heterocycles. The van der Waals surface area contributed by atoms with Crippen LogP contribution in [-0.2, 0) is 0 Å². The number of aromatic hydroxyl groups is 1. The average molecular weight is 337 g/mol. The first kappa shape index (κ1) is 14.7. The molecule has 0 fully saturated rings. The van der Waals surface area contributed by atoms with Gasteiger partial charge in [0, 0.05) is 6.04 Å². The van der Waals surface area contributed by atoms with Gasteiger partial charge in [0.15, 0.2) is 11.5 Å². The Kier molecular flexibility index (Phi) is 4.49. The van der Waals surface area contributed by atoms with Crippen molar-refractivity contribution in [2.75, 3.05) is 12.4 Å². The minimum absolute atomic E-state index is 0.0758. The molecule has 1 aromatic heterocycles. The zero-order chi connectivity index (χ0) is 14.7. The van der Waals surface area contributed by atoms with Gasteiger partial charge in [0.05, 0.1) is 19.0 Å². The number of phenols is 1. The molecule has 2 aromatic rings. The van der Waals surface area contributed by atoms with E-state index in [0.717, 1.165) is 21.4 Å². The fourth-order valence-corrected chi connectivity index (χ4v) is 2.15. The van der Waals surface area contributed by atoms with E-state index >= 15 is 0 Å². The van der Waals surface area contributed by atoms with E-state index in [0.29, 0.717) is 5.75 Å².